The third-order valence-electron chi connectivity index (χ3n) is 3.99. The van der Waals surface area contributed by atoms with Gasteiger partial charge in [-0.1, -0.05) is 0 Å². The largest absolute Gasteiger partial charge is 0.497 e. The summed E-state index contributed by atoms with van der Waals surface area (Å²) in [5, 5.41) is 2.65. The van der Waals surface area contributed by atoms with Crippen molar-refractivity contribution in [3.8, 4) is 16.3 Å². The van der Waals surface area contributed by atoms with Crippen LogP contribution >= 0.6 is 11.3 Å². The first-order chi connectivity index (χ1) is 13.5. The number of rotatable bonds is 8. The van der Waals surface area contributed by atoms with Crippen molar-refractivity contribution >= 4 is 23.1 Å². The molecule has 3 rings (SSSR count). The first-order valence-corrected chi connectivity index (χ1v) is 9.46. The Bertz CT molecular complexity index is 951. The summed E-state index contributed by atoms with van der Waals surface area (Å²) in [6, 6.07) is 12.8. The van der Waals surface area contributed by atoms with Crippen LogP contribution in [0.3, 0.4) is 0 Å². The van der Waals surface area contributed by atoms with E-state index in [4.69, 9.17) is 9.47 Å². The molecule has 0 aliphatic heterocycles. The number of hydrogen-bond acceptors (Lipinski definition) is 6. The highest BCUT2D eigenvalue weighted by atomic mass is 32.1. The van der Waals surface area contributed by atoms with Gasteiger partial charge in [-0.2, -0.15) is 0 Å². The minimum atomic E-state index is -0.477. The highest BCUT2D eigenvalue weighted by Gasteiger charge is 2.12. The Morgan fingerprint density at radius 3 is 2.43 bits per heavy atom. The molecule has 0 aliphatic rings. The third-order valence-corrected chi connectivity index (χ3v) is 4.93. The maximum absolute atomic E-state index is 12.9. The summed E-state index contributed by atoms with van der Waals surface area (Å²) in [6.45, 7) is 0.0518. The van der Waals surface area contributed by atoms with E-state index in [9.17, 15) is 14.0 Å². The van der Waals surface area contributed by atoms with E-state index >= 15 is 0 Å². The topological polar surface area (TPSA) is 65.5 Å². The van der Waals surface area contributed by atoms with E-state index in [1.54, 1.807) is 7.11 Å². The zero-order valence-electron chi connectivity index (χ0n) is 15.2. The Morgan fingerprint density at radius 2 is 1.75 bits per heavy atom. The van der Waals surface area contributed by atoms with Gasteiger partial charge in [0.25, 0.3) is 0 Å². The summed E-state index contributed by atoms with van der Waals surface area (Å²) in [5.41, 5.74) is 1.97. The fourth-order valence-corrected chi connectivity index (χ4v) is 3.27. The van der Waals surface area contributed by atoms with Gasteiger partial charge >= 0.3 is 5.97 Å². The standard InChI is InChI=1S/C21H18FNO4S/c1-26-18-8-4-15(5-9-18)21-23-17(13-28-21)12-27-20(25)11-10-19(24)14-2-6-16(22)7-3-14/h2-9,13H,10-12H2,1H3. The van der Waals surface area contributed by atoms with Crippen LogP contribution in [0.1, 0.15) is 28.9 Å². The number of halogens is 1. The second-order valence-electron chi connectivity index (χ2n) is 5.96. The number of thiazole rings is 1. The Hall–Kier alpha value is -3.06. The first-order valence-electron chi connectivity index (χ1n) is 8.58. The minimum Gasteiger partial charge on any atom is -0.497 e. The molecule has 1 aromatic heterocycles. The molecule has 0 saturated heterocycles. The van der Waals surface area contributed by atoms with E-state index < -0.39 is 11.8 Å². The average molecular weight is 399 g/mol. The second-order valence-corrected chi connectivity index (χ2v) is 6.82. The number of carbonyl (C=O) groups is 2. The molecule has 7 heteroatoms. The molecule has 1 heterocycles. The van der Waals surface area contributed by atoms with E-state index in [2.05, 4.69) is 4.98 Å². The predicted molar refractivity (Wildman–Crippen MR) is 104 cm³/mol. The number of benzene rings is 2. The monoisotopic (exact) mass is 399 g/mol. The fourth-order valence-electron chi connectivity index (χ4n) is 2.46. The van der Waals surface area contributed by atoms with Crippen molar-refractivity contribution in [3.63, 3.8) is 0 Å². The van der Waals surface area contributed by atoms with Gasteiger partial charge in [0.15, 0.2) is 5.78 Å². The lowest BCUT2D eigenvalue weighted by atomic mass is 10.1. The summed E-state index contributed by atoms with van der Waals surface area (Å²) in [7, 11) is 1.61. The molecule has 0 amide bonds. The summed E-state index contributed by atoms with van der Waals surface area (Å²) >= 11 is 1.46. The molecule has 28 heavy (non-hydrogen) atoms. The van der Waals surface area contributed by atoms with E-state index in [-0.39, 0.29) is 25.2 Å². The van der Waals surface area contributed by atoms with Crippen molar-refractivity contribution in [2.45, 2.75) is 19.4 Å². The summed E-state index contributed by atoms with van der Waals surface area (Å²) in [6.07, 6.45) is -0.0235. The van der Waals surface area contributed by atoms with Crippen molar-refractivity contribution in [2.24, 2.45) is 0 Å². The average Bonchev–Trinajstić information content (AvgIpc) is 3.20. The van der Waals surface area contributed by atoms with E-state index in [0.29, 0.717) is 11.3 Å². The normalized spacial score (nSPS) is 10.5. The van der Waals surface area contributed by atoms with Gasteiger partial charge in [-0.05, 0) is 48.5 Å². The molecule has 0 saturated carbocycles. The number of aromatic nitrogens is 1. The molecule has 0 unspecified atom stereocenters. The molecule has 2 aromatic carbocycles. The van der Waals surface area contributed by atoms with Gasteiger partial charge < -0.3 is 9.47 Å². The Kier molecular flexibility index (Phi) is 6.49. The summed E-state index contributed by atoms with van der Waals surface area (Å²) in [5.74, 6) is -0.347. The van der Waals surface area contributed by atoms with Gasteiger partial charge in [0.05, 0.1) is 19.2 Å². The van der Waals surface area contributed by atoms with Crippen molar-refractivity contribution in [2.75, 3.05) is 7.11 Å². The SMILES string of the molecule is COc1ccc(-c2nc(COC(=O)CCC(=O)c3ccc(F)cc3)cs2)cc1. The highest BCUT2D eigenvalue weighted by Crippen LogP contribution is 2.26. The van der Waals surface area contributed by atoms with Crippen molar-refractivity contribution in [1.29, 1.82) is 0 Å². The smallest absolute Gasteiger partial charge is 0.306 e. The number of esters is 1. The van der Waals surface area contributed by atoms with Gasteiger partial charge in [-0.25, -0.2) is 9.37 Å². The zero-order valence-corrected chi connectivity index (χ0v) is 16.0. The van der Waals surface area contributed by atoms with Crippen LogP contribution in [-0.2, 0) is 16.1 Å². The summed E-state index contributed by atoms with van der Waals surface area (Å²) in [4.78, 5) is 28.3. The molecule has 0 fully saturated rings. The molecule has 144 valence electrons. The molecule has 0 bridgehead atoms. The number of ketones is 1. The zero-order chi connectivity index (χ0) is 19.9. The Morgan fingerprint density at radius 1 is 1.04 bits per heavy atom. The lowest BCUT2D eigenvalue weighted by molar-refractivity contribution is -0.145. The highest BCUT2D eigenvalue weighted by molar-refractivity contribution is 7.13. The second kappa shape index (κ2) is 9.23. The number of methoxy groups -OCH3 is 1. The lowest BCUT2D eigenvalue weighted by Crippen LogP contribution is -2.08. The third kappa shape index (κ3) is 5.23. The molecule has 0 aliphatic carbocycles. The number of hydrogen-bond donors (Lipinski definition) is 0. The van der Waals surface area contributed by atoms with Crippen LogP contribution in [0.2, 0.25) is 0 Å². The van der Waals surface area contributed by atoms with E-state index in [1.165, 1.54) is 35.6 Å². The molecule has 5 nitrogen and oxygen atoms in total. The van der Waals surface area contributed by atoms with Crippen LogP contribution in [0.15, 0.2) is 53.9 Å². The van der Waals surface area contributed by atoms with Crippen LogP contribution in [0, 0.1) is 5.82 Å². The predicted octanol–water partition coefficient (Wildman–Crippen LogP) is 4.66. The lowest BCUT2D eigenvalue weighted by Gasteiger charge is -2.03. The van der Waals surface area contributed by atoms with Crippen molar-refractivity contribution < 1.29 is 23.5 Å². The van der Waals surface area contributed by atoms with Gasteiger partial charge in [-0.15, -0.1) is 11.3 Å². The van der Waals surface area contributed by atoms with Crippen LogP contribution in [0.25, 0.3) is 10.6 Å². The fraction of sp³-hybridized carbons (Fsp3) is 0.190. The first kappa shape index (κ1) is 19.7. The number of ether oxygens (including phenoxy) is 2. The van der Waals surface area contributed by atoms with Gasteiger partial charge in [0.1, 0.15) is 23.2 Å². The quantitative estimate of drug-likeness (QED) is 0.407. The Balaban J connectivity index is 1.47. The van der Waals surface area contributed by atoms with E-state index in [1.807, 2.05) is 29.6 Å². The number of carbonyl (C=O) groups excluding carboxylic acids is 2. The van der Waals surface area contributed by atoms with Gasteiger partial charge in [-0.3, -0.25) is 9.59 Å². The van der Waals surface area contributed by atoms with E-state index in [0.717, 1.165) is 16.3 Å². The molecular formula is C21H18FNO4S. The molecule has 0 radical (unpaired) electrons. The maximum Gasteiger partial charge on any atom is 0.306 e. The number of nitrogens with zero attached hydrogens (tertiary/aromatic N) is 1. The van der Waals surface area contributed by atoms with Crippen LogP contribution in [-0.4, -0.2) is 23.8 Å². The molecule has 3 aromatic rings. The van der Waals surface area contributed by atoms with Crippen LogP contribution in [0.5, 0.6) is 5.75 Å². The van der Waals surface area contributed by atoms with Crippen LogP contribution < -0.4 is 4.74 Å². The van der Waals surface area contributed by atoms with Crippen LogP contribution in [0.4, 0.5) is 4.39 Å². The van der Waals surface area contributed by atoms with Gasteiger partial charge in [0.2, 0.25) is 0 Å². The minimum absolute atomic E-state index is 0.0125. The summed E-state index contributed by atoms with van der Waals surface area (Å²) < 4.78 is 23.2. The number of Topliss-reactive ketones (excluding diaryl/α,β-unsaturated/α-hetero) is 1. The Labute approximate surface area is 165 Å². The molecule has 0 atom stereocenters. The molecule has 0 N–H and O–H groups in total. The molecule has 0 spiro atoms. The van der Waals surface area contributed by atoms with Crippen molar-refractivity contribution in [3.05, 3.63) is 71.0 Å². The maximum atomic E-state index is 12.9. The van der Waals surface area contributed by atoms with Gasteiger partial charge in [0, 0.05) is 22.9 Å². The van der Waals surface area contributed by atoms with Crippen molar-refractivity contribution in [1.82, 2.24) is 4.98 Å². The molecular weight excluding hydrogens is 381 g/mol.